The van der Waals surface area contributed by atoms with Crippen molar-refractivity contribution in [3.63, 3.8) is 0 Å². The number of thioether (sulfide) groups is 1. The van der Waals surface area contributed by atoms with Crippen LogP contribution in [0.2, 0.25) is 0 Å². The topological polar surface area (TPSA) is 67.8 Å². The highest BCUT2D eigenvalue weighted by molar-refractivity contribution is 9.10. The number of carbonyl (C=O) groups is 1. The first-order chi connectivity index (χ1) is 7.50. The summed E-state index contributed by atoms with van der Waals surface area (Å²) in [4.78, 5) is 10.4. The van der Waals surface area contributed by atoms with E-state index in [1.54, 1.807) is 6.07 Å². The van der Waals surface area contributed by atoms with E-state index in [0.29, 0.717) is 16.0 Å². The van der Waals surface area contributed by atoms with Gasteiger partial charge in [0.1, 0.15) is 11.9 Å². The molecule has 1 atom stereocenters. The van der Waals surface area contributed by atoms with Gasteiger partial charge in [0.25, 0.3) is 0 Å². The summed E-state index contributed by atoms with van der Waals surface area (Å²) < 4.78 is 13.5. The molecule has 0 heterocycles. The average molecular weight is 308 g/mol. The van der Waals surface area contributed by atoms with Gasteiger partial charge >= 0.3 is 0 Å². The third kappa shape index (κ3) is 4.11. The molecule has 0 spiro atoms. The van der Waals surface area contributed by atoms with Crippen LogP contribution in [0.4, 0.5) is 4.39 Å². The molecule has 1 aromatic rings. The number of quaternary nitrogens is 1. The van der Waals surface area contributed by atoms with Crippen molar-refractivity contribution in [2.45, 2.75) is 11.8 Å². The molecule has 0 aromatic heterocycles. The van der Waals surface area contributed by atoms with E-state index in [9.17, 15) is 14.3 Å². The molecule has 1 aromatic carbocycles. The van der Waals surface area contributed by atoms with Gasteiger partial charge < -0.3 is 15.6 Å². The molecule has 0 saturated carbocycles. The Balaban J connectivity index is 2.46. The van der Waals surface area contributed by atoms with Gasteiger partial charge in [-0.05, 0) is 17.7 Å². The number of carboxylic acids is 1. The molecule has 0 radical (unpaired) electrons. The van der Waals surface area contributed by atoms with E-state index in [0.717, 1.165) is 5.56 Å². The van der Waals surface area contributed by atoms with Crippen LogP contribution in [-0.2, 0) is 10.5 Å². The Morgan fingerprint density at radius 2 is 2.31 bits per heavy atom. The molecule has 0 aliphatic heterocycles. The van der Waals surface area contributed by atoms with Crippen LogP contribution in [0.5, 0.6) is 0 Å². The Morgan fingerprint density at radius 1 is 1.62 bits per heavy atom. The van der Waals surface area contributed by atoms with Crippen LogP contribution >= 0.6 is 27.7 Å². The van der Waals surface area contributed by atoms with Gasteiger partial charge in [0.15, 0.2) is 0 Å². The quantitative estimate of drug-likeness (QED) is 0.844. The van der Waals surface area contributed by atoms with Crippen molar-refractivity contribution in [2.75, 3.05) is 5.75 Å². The first kappa shape index (κ1) is 13.5. The van der Waals surface area contributed by atoms with Gasteiger partial charge in [-0.25, -0.2) is 4.39 Å². The Morgan fingerprint density at radius 3 is 2.88 bits per heavy atom. The molecular formula is C10H11BrFNO2S. The third-order valence-electron chi connectivity index (χ3n) is 1.93. The van der Waals surface area contributed by atoms with Gasteiger partial charge in [0.2, 0.25) is 0 Å². The molecule has 88 valence electrons. The highest BCUT2D eigenvalue weighted by atomic mass is 79.9. The van der Waals surface area contributed by atoms with Gasteiger partial charge in [-0.2, -0.15) is 11.8 Å². The fraction of sp³-hybridized carbons (Fsp3) is 0.300. The molecule has 16 heavy (non-hydrogen) atoms. The van der Waals surface area contributed by atoms with E-state index in [4.69, 9.17) is 0 Å². The van der Waals surface area contributed by atoms with Crippen LogP contribution in [0.15, 0.2) is 22.7 Å². The van der Waals surface area contributed by atoms with Crippen LogP contribution in [0.1, 0.15) is 5.56 Å². The number of hydrogen-bond acceptors (Lipinski definition) is 3. The van der Waals surface area contributed by atoms with Crippen LogP contribution in [0.3, 0.4) is 0 Å². The van der Waals surface area contributed by atoms with Crippen molar-refractivity contribution in [2.24, 2.45) is 0 Å². The smallest absolute Gasteiger partial charge is 0.134 e. The van der Waals surface area contributed by atoms with Crippen LogP contribution in [0, 0.1) is 5.82 Å². The lowest BCUT2D eigenvalue weighted by Crippen LogP contribution is -2.69. The Labute approximate surface area is 105 Å². The minimum atomic E-state index is -1.15. The molecular weight excluding hydrogens is 297 g/mol. The molecule has 0 amide bonds. The van der Waals surface area contributed by atoms with E-state index in [1.807, 2.05) is 0 Å². The van der Waals surface area contributed by atoms with E-state index in [1.165, 1.54) is 23.9 Å². The standard InChI is InChI=1S/C10H11BrFNO2S/c11-8-3-7(12)2-1-6(8)4-16-5-9(13)10(14)15/h1-3,9H,4-5,13H2,(H,14,15)/t9-/m0/s1. The lowest BCUT2D eigenvalue weighted by molar-refractivity contribution is -0.431. The molecule has 0 bridgehead atoms. The summed E-state index contributed by atoms with van der Waals surface area (Å²) in [6, 6.07) is 3.71. The van der Waals surface area contributed by atoms with Gasteiger partial charge in [0, 0.05) is 10.2 Å². The van der Waals surface area contributed by atoms with Crippen molar-refractivity contribution in [1.29, 1.82) is 0 Å². The molecule has 0 aliphatic rings. The van der Waals surface area contributed by atoms with Crippen molar-refractivity contribution < 1.29 is 20.0 Å². The average Bonchev–Trinajstić information content (AvgIpc) is 2.20. The summed E-state index contributed by atoms with van der Waals surface area (Å²) in [5.41, 5.74) is 4.38. The van der Waals surface area contributed by atoms with Gasteiger partial charge in [0.05, 0.1) is 11.7 Å². The molecule has 0 unspecified atom stereocenters. The van der Waals surface area contributed by atoms with Crippen molar-refractivity contribution >= 4 is 33.7 Å². The first-order valence-corrected chi connectivity index (χ1v) is 6.51. The number of halogens is 2. The minimum absolute atomic E-state index is 0.301. The number of carboxylic acid groups (broad SMARTS) is 1. The SMILES string of the molecule is [NH3+][C@@H](CSCc1ccc(F)cc1Br)C(=O)[O-]. The summed E-state index contributed by atoms with van der Waals surface area (Å²) in [5, 5.41) is 10.4. The lowest BCUT2D eigenvalue weighted by atomic mass is 10.2. The van der Waals surface area contributed by atoms with Gasteiger partial charge in [-0.3, -0.25) is 0 Å². The highest BCUT2D eigenvalue weighted by Gasteiger charge is 2.08. The fourth-order valence-corrected chi connectivity index (χ4v) is 2.70. The largest absolute Gasteiger partial charge is 0.544 e. The minimum Gasteiger partial charge on any atom is -0.544 e. The van der Waals surface area contributed by atoms with Crippen LogP contribution in [-0.4, -0.2) is 17.8 Å². The molecule has 6 heteroatoms. The lowest BCUT2D eigenvalue weighted by Gasteiger charge is -2.09. The second-order valence-electron chi connectivity index (χ2n) is 3.27. The van der Waals surface area contributed by atoms with Crippen LogP contribution in [0.25, 0.3) is 0 Å². The van der Waals surface area contributed by atoms with E-state index in [2.05, 4.69) is 21.7 Å². The van der Waals surface area contributed by atoms with E-state index < -0.39 is 12.0 Å². The number of rotatable bonds is 5. The molecule has 0 fully saturated rings. The van der Waals surface area contributed by atoms with Crippen molar-refractivity contribution in [1.82, 2.24) is 0 Å². The predicted octanol–water partition coefficient (Wildman–Crippen LogP) is 0.182. The fourth-order valence-electron chi connectivity index (χ4n) is 1.02. The highest BCUT2D eigenvalue weighted by Crippen LogP contribution is 2.22. The van der Waals surface area contributed by atoms with E-state index >= 15 is 0 Å². The number of aliphatic carboxylic acids is 1. The number of hydrogen-bond donors (Lipinski definition) is 1. The maximum Gasteiger partial charge on any atom is 0.134 e. The Hall–Kier alpha value is -0.590. The summed E-state index contributed by atoms with van der Waals surface area (Å²) in [6.45, 7) is 0. The normalized spacial score (nSPS) is 12.4. The zero-order valence-electron chi connectivity index (χ0n) is 8.41. The predicted molar refractivity (Wildman–Crippen MR) is 61.9 cm³/mol. The van der Waals surface area contributed by atoms with E-state index in [-0.39, 0.29) is 5.82 Å². The molecule has 3 N–H and O–H groups in total. The maximum atomic E-state index is 12.8. The maximum absolute atomic E-state index is 12.8. The third-order valence-corrected chi connectivity index (χ3v) is 3.82. The number of carbonyl (C=O) groups excluding carboxylic acids is 1. The van der Waals surface area contributed by atoms with Crippen molar-refractivity contribution in [3.05, 3.63) is 34.1 Å². The second-order valence-corrected chi connectivity index (χ2v) is 5.15. The zero-order chi connectivity index (χ0) is 12.1. The molecule has 0 aliphatic carbocycles. The second kappa shape index (κ2) is 6.22. The summed E-state index contributed by atoms with van der Waals surface area (Å²) in [7, 11) is 0. The monoisotopic (exact) mass is 307 g/mol. The van der Waals surface area contributed by atoms with Gasteiger partial charge in [-0.1, -0.05) is 22.0 Å². The molecule has 3 nitrogen and oxygen atoms in total. The van der Waals surface area contributed by atoms with Gasteiger partial charge in [-0.15, -0.1) is 0 Å². The first-order valence-electron chi connectivity index (χ1n) is 4.56. The summed E-state index contributed by atoms with van der Waals surface area (Å²) >= 11 is 4.67. The Kier molecular flexibility index (Phi) is 5.24. The number of benzene rings is 1. The molecule has 0 saturated heterocycles. The molecule has 1 rings (SSSR count). The van der Waals surface area contributed by atoms with Crippen LogP contribution < -0.4 is 10.8 Å². The zero-order valence-corrected chi connectivity index (χ0v) is 10.8. The van der Waals surface area contributed by atoms with Crippen molar-refractivity contribution in [3.8, 4) is 0 Å². The Bertz CT molecular complexity index is 389. The summed E-state index contributed by atoms with van der Waals surface area (Å²) in [5.74, 6) is -0.456. The summed E-state index contributed by atoms with van der Waals surface area (Å²) in [6.07, 6.45) is 0.